The Morgan fingerprint density at radius 3 is 2.50 bits per heavy atom. The van der Waals surface area contributed by atoms with Crippen LogP contribution in [0.1, 0.15) is 31.2 Å². The van der Waals surface area contributed by atoms with Gasteiger partial charge in [-0.15, -0.1) is 0 Å². The number of aromatic nitrogens is 2. The zero-order valence-corrected chi connectivity index (χ0v) is 18.4. The van der Waals surface area contributed by atoms with E-state index in [1.54, 1.807) is 14.2 Å². The first-order valence-corrected chi connectivity index (χ1v) is 10.5. The molecule has 0 bridgehead atoms. The number of nitrogens with zero attached hydrogens (tertiary/aromatic N) is 4. The van der Waals surface area contributed by atoms with Gasteiger partial charge < -0.3 is 24.3 Å². The minimum Gasteiger partial charge on any atom is -0.493 e. The molecule has 2 heterocycles. The summed E-state index contributed by atoms with van der Waals surface area (Å²) in [5.41, 5.74) is 0.973. The Morgan fingerprint density at radius 1 is 1.10 bits per heavy atom. The van der Waals surface area contributed by atoms with Crippen LogP contribution >= 0.6 is 0 Å². The second-order valence-corrected chi connectivity index (χ2v) is 7.81. The zero-order valence-electron chi connectivity index (χ0n) is 18.4. The van der Waals surface area contributed by atoms with Crippen LogP contribution in [0.4, 0.5) is 4.79 Å². The maximum atomic E-state index is 12.5. The number of hydrogen-bond acceptors (Lipinski definition) is 5. The van der Waals surface area contributed by atoms with Crippen molar-refractivity contribution in [1.29, 1.82) is 0 Å². The standard InChI is InChI=1S/C22H33N5O3/c1-17(2)21-23-7-8-26(21)12-9-25-10-13-27(14-11-25)22(28)24-16-18-5-6-19(29-3)20(15-18)30-4/h5-8,15,17H,9-14,16H2,1-4H3,(H,24,28). The van der Waals surface area contributed by atoms with Crippen molar-refractivity contribution >= 4 is 6.03 Å². The summed E-state index contributed by atoms with van der Waals surface area (Å²) in [4.78, 5) is 21.3. The van der Waals surface area contributed by atoms with Gasteiger partial charge >= 0.3 is 6.03 Å². The Hall–Kier alpha value is -2.74. The van der Waals surface area contributed by atoms with Gasteiger partial charge in [0.15, 0.2) is 11.5 Å². The average Bonchev–Trinajstić information content (AvgIpc) is 3.25. The summed E-state index contributed by atoms with van der Waals surface area (Å²) in [6.07, 6.45) is 3.92. The topological polar surface area (TPSA) is 71.9 Å². The van der Waals surface area contributed by atoms with E-state index in [0.29, 0.717) is 24.0 Å². The lowest BCUT2D eigenvalue weighted by Crippen LogP contribution is -2.52. The lowest BCUT2D eigenvalue weighted by Gasteiger charge is -2.34. The quantitative estimate of drug-likeness (QED) is 0.717. The van der Waals surface area contributed by atoms with E-state index in [0.717, 1.165) is 50.7 Å². The van der Waals surface area contributed by atoms with Crippen molar-refractivity contribution < 1.29 is 14.3 Å². The molecule has 1 aliphatic rings. The average molecular weight is 416 g/mol. The van der Waals surface area contributed by atoms with E-state index in [1.165, 1.54) is 0 Å². The van der Waals surface area contributed by atoms with Crippen LogP contribution in [-0.2, 0) is 13.1 Å². The summed E-state index contributed by atoms with van der Waals surface area (Å²) in [6.45, 7) is 9.92. The fraction of sp³-hybridized carbons (Fsp3) is 0.545. The van der Waals surface area contributed by atoms with E-state index in [-0.39, 0.29) is 6.03 Å². The molecule has 0 aliphatic carbocycles. The minimum absolute atomic E-state index is 0.0267. The summed E-state index contributed by atoms with van der Waals surface area (Å²) < 4.78 is 12.8. The molecule has 0 radical (unpaired) electrons. The van der Waals surface area contributed by atoms with Crippen LogP contribution < -0.4 is 14.8 Å². The summed E-state index contributed by atoms with van der Waals surface area (Å²) in [5, 5.41) is 3.01. The van der Waals surface area contributed by atoms with E-state index in [9.17, 15) is 4.79 Å². The molecule has 1 aromatic carbocycles. The smallest absolute Gasteiger partial charge is 0.317 e. The van der Waals surface area contributed by atoms with Crippen molar-refractivity contribution in [2.75, 3.05) is 46.9 Å². The third kappa shape index (κ3) is 5.44. The van der Waals surface area contributed by atoms with E-state index < -0.39 is 0 Å². The molecular weight excluding hydrogens is 382 g/mol. The summed E-state index contributed by atoms with van der Waals surface area (Å²) >= 11 is 0. The number of rotatable bonds is 8. The van der Waals surface area contributed by atoms with Crippen molar-refractivity contribution in [1.82, 2.24) is 24.7 Å². The third-order valence-corrected chi connectivity index (χ3v) is 5.47. The second-order valence-electron chi connectivity index (χ2n) is 7.81. The Balaban J connectivity index is 1.42. The van der Waals surface area contributed by atoms with Crippen molar-refractivity contribution in [3.05, 3.63) is 42.0 Å². The molecule has 1 aliphatic heterocycles. The van der Waals surface area contributed by atoms with Gasteiger partial charge in [-0.3, -0.25) is 4.90 Å². The number of methoxy groups -OCH3 is 2. The molecule has 164 valence electrons. The minimum atomic E-state index is -0.0267. The van der Waals surface area contributed by atoms with Crippen molar-refractivity contribution in [2.45, 2.75) is 32.9 Å². The lowest BCUT2D eigenvalue weighted by molar-refractivity contribution is 0.136. The van der Waals surface area contributed by atoms with Gasteiger partial charge in [0.25, 0.3) is 0 Å². The first-order valence-electron chi connectivity index (χ1n) is 10.5. The fourth-order valence-corrected chi connectivity index (χ4v) is 3.71. The van der Waals surface area contributed by atoms with Crippen LogP contribution in [0.2, 0.25) is 0 Å². The van der Waals surface area contributed by atoms with Gasteiger partial charge in [-0.1, -0.05) is 19.9 Å². The van der Waals surface area contributed by atoms with Gasteiger partial charge in [0.05, 0.1) is 14.2 Å². The number of carbonyl (C=O) groups is 1. The van der Waals surface area contributed by atoms with Gasteiger partial charge in [-0.25, -0.2) is 9.78 Å². The van der Waals surface area contributed by atoms with Crippen LogP contribution in [-0.4, -0.2) is 72.3 Å². The largest absolute Gasteiger partial charge is 0.493 e. The van der Waals surface area contributed by atoms with Gasteiger partial charge in [0.2, 0.25) is 0 Å². The summed E-state index contributed by atoms with van der Waals surface area (Å²) in [6, 6.07) is 5.64. The number of hydrogen-bond donors (Lipinski definition) is 1. The first-order chi connectivity index (χ1) is 14.5. The van der Waals surface area contributed by atoms with E-state index >= 15 is 0 Å². The van der Waals surface area contributed by atoms with E-state index in [1.807, 2.05) is 35.5 Å². The predicted octanol–water partition coefficient (Wildman–Crippen LogP) is 2.55. The number of benzene rings is 1. The third-order valence-electron chi connectivity index (χ3n) is 5.47. The van der Waals surface area contributed by atoms with Crippen molar-refractivity contribution in [3.63, 3.8) is 0 Å². The molecule has 1 saturated heterocycles. The molecule has 8 nitrogen and oxygen atoms in total. The van der Waals surface area contributed by atoms with Crippen LogP contribution in [0.25, 0.3) is 0 Å². The Labute approximate surface area is 178 Å². The normalized spacial score (nSPS) is 14.8. The molecule has 8 heteroatoms. The molecule has 2 aromatic rings. The number of nitrogens with one attached hydrogen (secondary N) is 1. The van der Waals surface area contributed by atoms with Gasteiger partial charge in [-0.05, 0) is 17.7 Å². The highest BCUT2D eigenvalue weighted by Crippen LogP contribution is 2.27. The fourth-order valence-electron chi connectivity index (χ4n) is 3.71. The van der Waals surface area contributed by atoms with Gasteiger partial charge in [0, 0.05) is 64.1 Å². The molecule has 1 fully saturated rings. The number of amides is 2. The highest BCUT2D eigenvalue weighted by Gasteiger charge is 2.21. The zero-order chi connectivity index (χ0) is 21.5. The van der Waals surface area contributed by atoms with Crippen molar-refractivity contribution in [2.24, 2.45) is 0 Å². The highest BCUT2D eigenvalue weighted by atomic mass is 16.5. The number of piperazine rings is 1. The van der Waals surface area contributed by atoms with Crippen molar-refractivity contribution in [3.8, 4) is 11.5 Å². The van der Waals surface area contributed by atoms with E-state index in [2.05, 4.69) is 33.6 Å². The molecule has 0 unspecified atom stereocenters. The van der Waals surface area contributed by atoms with Gasteiger partial charge in [-0.2, -0.15) is 0 Å². The molecule has 0 saturated carbocycles. The molecule has 0 atom stereocenters. The van der Waals surface area contributed by atoms with Crippen LogP contribution in [0.5, 0.6) is 11.5 Å². The summed E-state index contributed by atoms with van der Waals surface area (Å²) in [7, 11) is 3.22. The molecule has 1 N–H and O–H groups in total. The van der Waals surface area contributed by atoms with Crippen LogP contribution in [0.15, 0.2) is 30.6 Å². The molecular formula is C22H33N5O3. The maximum absolute atomic E-state index is 12.5. The molecule has 2 amide bonds. The predicted molar refractivity (Wildman–Crippen MR) is 116 cm³/mol. The number of imidazole rings is 1. The Morgan fingerprint density at radius 2 is 1.83 bits per heavy atom. The maximum Gasteiger partial charge on any atom is 0.317 e. The van der Waals surface area contributed by atoms with E-state index in [4.69, 9.17) is 9.47 Å². The second kappa shape index (κ2) is 10.3. The monoisotopic (exact) mass is 415 g/mol. The number of urea groups is 1. The molecule has 30 heavy (non-hydrogen) atoms. The van der Waals surface area contributed by atoms with Crippen LogP contribution in [0, 0.1) is 0 Å². The number of ether oxygens (including phenoxy) is 2. The Kier molecular flexibility index (Phi) is 7.57. The molecule has 1 aromatic heterocycles. The highest BCUT2D eigenvalue weighted by molar-refractivity contribution is 5.74. The Bertz CT molecular complexity index is 828. The lowest BCUT2D eigenvalue weighted by atomic mass is 10.2. The molecule has 3 rings (SSSR count). The summed E-state index contributed by atoms with van der Waals surface area (Å²) in [5.74, 6) is 2.89. The van der Waals surface area contributed by atoms with Crippen LogP contribution in [0.3, 0.4) is 0 Å². The first kappa shape index (κ1) is 22.0. The SMILES string of the molecule is COc1ccc(CNC(=O)N2CCN(CCn3ccnc3C(C)C)CC2)cc1OC. The number of carbonyl (C=O) groups excluding carboxylic acids is 1. The molecule has 0 spiro atoms. The van der Waals surface area contributed by atoms with Gasteiger partial charge in [0.1, 0.15) is 5.82 Å².